The summed E-state index contributed by atoms with van der Waals surface area (Å²) in [5.74, 6) is 0.0802. The minimum Gasteiger partial charge on any atom is -0.360 e. The van der Waals surface area contributed by atoms with Crippen LogP contribution in [0, 0.1) is 6.92 Å². The minimum absolute atomic E-state index is 0.0526. The molecule has 0 aromatic carbocycles. The van der Waals surface area contributed by atoms with Crippen molar-refractivity contribution in [2.75, 3.05) is 0 Å². The van der Waals surface area contributed by atoms with E-state index < -0.39 is 17.0 Å². The second kappa shape index (κ2) is 3.85. The van der Waals surface area contributed by atoms with Crippen LogP contribution in [0.3, 0.4) is 0 Å². The number of hydrogen-bond donors (Lipinski definition) is 1. The predicted molar refractivity (Wildman–Crippen MR) is 57.5 cm³/mol. The third kappa shape index (κ3) is 1.82. The number of carbonyl (C=O) groups is 1. The van der Waals surface area contributed by atoms with E-state index in [4.69, 9.17) is 4.52 Å². The Morgan fingerprint density at radius 1 is 1.47 bits per heavy atom. The van der Waals surface area contributed by atoms with Crippen molar-refractivity contribution in [3.05, 3.63) is 44.4 Å². The number of H-pyrrole nitrogens is 1. The first-order valence-corrected chi connectivity index (χ1v) is 4.80. The van der Waals surface area contributed by atoms with Crippen molar-refractivity contribution < 1.29 is 9.32 Å². The molecule has 0 aliphatic carbocycles. The molecule has 7 nitrogen and oxygen atoms in total. The second-order valence-corrected chi connectivity index (χ2v) is 3.50. The summed E-state index contributed by atoms with van der Waals surface area (Å²) in [4.78, 5) is 36.9. The third-order valence-corrected chi connectivity index (χ3v) is 2.20. The maximum Gasteiger partial charge on any atom is 0.334 e. The van der Waals surface area contributed by atoms with Crippen molar-refractivity contribution in [3.63, 3.8) is 0 Å². The van der Waals surface area contributed by atoms with Gasteiger partial charge in [-0.15, -0.1) is 0 Å². The van der Waals surface area contributed by atoms with Gasteiger partial charge in [0, 0.05) is 12.3 Å². The molecule has 0 unspecified atom stereocenters. The number of aryl methyl sites for hydroxylation is 1. The van der Waals surface area contributed by atoms with Crippen molar-refractivity contribution in [2.24, 2.45) is 0 Å². The number of Topliss-reactive ketones (excluding diaryl/α,β-unsaturated/α-hetero) is 1. The van der Waals surface area contributed by atoms with Gasteiger partial charge < -0.3 is 9.51 Å². The maximum absolute atomic E-state index is 11.9. The number of nitrogens with one attached hydrogen (secondary N) is 1. The second-order valence-electron chi connectivity index (χ2n) is 3.50. The summed E-state index contributed by atoms with van der Waals surface area (Å²) in [7, 11) is 0. The summed E-state index contributed by atoms with van der Waals surface area (Å²) < 4.78 is 5.54. The lowest BCUT2D eigenvalue weighted by Crippen LogP contribution is -2.36. The standard InChI is InChI=1S/C10H9N3O4/c1-5-3-8(12-17-5)13-9(15)7(6(2)14)4-11-10(13)16/h3-4H,1-2H3,(H,11,16). The lowest BCUT2D eigenvalue weighted by molar-refractivity contribution is 0.101. The van der Waals surface area contributed by atoms with Crippen LogP contribution in [0.5, 0.6) is 0 Å². The zero-order valence-corrected chi connectivity index (χ0v) is 9.18. The molecule has 2 aromatic heterocycles. The van der Waals surface area contributed by atoms with Crippen LogP contribution in [-0.4, -0.2) is 20.5 Å². The van der Waals surface area contributed by atoms with Crippen molar-refractivity contribution in [1.29, 1.82) is 0 Å². The molecule has 2 aromatic rings. The molecule has 0 amide bonds. The number of rotatable bonds is 2. The van der Waals surface area contributed by atoms with E-state index in [0.717, 1.165) is 10.8 Å². The van der Waals surface area contributed by atoms with Gasteiger partial charge in [0.1, 0.15) is 5.76 Å². The Kier molecular flexibility index (Phi) is 2.51. The first kappa shape index (κ1) is 11.1. The molecule has 17 heavy (non-hydrogen) atoms. The minimum atomic E-state index is -0.713. The molecule has 88 valence electrons. The highest BCUT2D eigenvalue weighted by Crippen LogP contribution is 2.03. The molecule has 2 heterocycles. The molecule has 1 N–H and O–H groups in total. The van der Waals surface area contributed by atoms with E-state index in [0.29, 0.717) is 5.76 Å². The van der Waals surface area contributed by atoms with E-state index in [1.54, 1.807) is 6.92 Å². The van der Waals surface area contributed by atoms with E-state index in [1.807, 2.05) is 0 Å². The fourth-order valence-corrected chi connectivity index (χ4v) is 1.39. The number of aromatic nitrogens is 3. The van der Waals surface area contributed by atoms with Crippen molar-refractivity contribution in [3.8, 4) is 5.82 Å². The van der Waals surface area contributed by atoms with E-state index in [-0.39, 0.29) is 11.4 Å². The van der Waals surface area contributed by atoms with Gasteiger partial charge in [-0.3, -0.25) is 9.59 Å². The normalized spacial score (nSPS) is 10.5. The molecule has 0 fully saturated rings. The molecule has 7 heteroatoms. The SMILES string of the molecule is CC(=O)c1c[nH]c(=O)n(-c2cc(C)on2)c1=O. The molecular formula is C10H9N3O4. The molecule has 0 saturated heterocycles. The Balaban J connectivity index is 2.78. The van der Waals surface area contributed by atoms with Gasteiger partial charge in [0.25, 0.3) is 5.56 Å². The molecule has 0 atom stereocenters. The molecule has 0 bridgehead atoms. The molecule has 0 saturated carbocycles. The lowest BCUT2D eigenvalue weighted by atomic mass is 10.2. The fourth-order valence-electron chi connectivity index (χ4n) is 1.39. The summed E-state index contributed by atoms with van der Waals surface area (Å²) in [6, 6.07) is 1.43. The van der Waals surface area contributed by atoms with Crippen molar-refractivity contribution >= 4 is 5.78 Å². The van der Waals surface area contributed by atoms with Crippen LogP contribution >= 0.6 is 0 Å². The van der Waals surface area contributed by atoms with E-state index >= 15 is 0 Å². The van der Waals surface area contributed by atoms with Crippen molar-refractivity contribution in [2.45, 2.75) is 13.8 Å². The smallest absolute Gasteiger partial charge is 0.334 e. The average Bonchev–Trinajstić information content (AvgIpc) is 2.64. The van der Waals surface area contributed by atoms with Crippen LogP contribution in [0.1, 0.15) is 23.0 Å². The fraction of sp³-hybridized carbons (Fsp3) is 0.200. The van der Waals surface area contributed by atoms with Crippen LogP contribution in [0.2, 0.25) is 0 Å². The molecule has 0 aliphatic heterocycles. The summed E-state index contributed by atoms with van der Waals surface area (Å²) in [6.45, 7) is 2.87. The van der Waals surface area contributed by atoms with Gasteiger partial charge in [0.15, 0.2) is 11.6 Å². The van der Waals surface area contributed by atoms with Gasteiger partial charge in [-0.2, -0.15) is 0 Å². The maximum atomic E-state index is 11.9. The van der Waals surface area contributed by atoms with E-state index in [1.165, 1.54) is 13.0 Å². The summed E-state index contributed by atoms with van der Waals surface area (Å²) >= 11 is 0. The molecule has 2 rings (SSSR count). The number of carbonyl (C=O) groups excluding carboxylic acids is 1. The summed E-state index contributed by atoms with van der Waals surface area (Å²) in [5, 5.41) is 3.56. The highest BCUT2D eigenvalue weighted by atomic mass is 16.5. The molecule has 0 aliphatic rings. The third-order valence-electron chi connectivity index (χ3n) is 2.20. The van der Waals surface area contributed by atoms with Crippen LogP contribution in [0.25, 0.3) is 5.82 Å². The molecule has 0 radical (unpaired) electrons. The van der Waals surface area contributed by atoms with Gasteiger partial charge in [-0.25, -0.2) is 9.36 Å². The van der Waals surface area contributed by atoms with Crippen LogP contribution < -0.4 is 11.2 Å². The number of nitrogens with zero attached hydrogens (tertiary/aromatic N) is 2. The average molecular weight is 235 g/mol. The van der Waals surface area contributed by atoms with Crippen molar-refractivity contribution in [1.82, 2.24) is 14.7 Å². The van der Waals surface area contributed by atoms with Gasteiger partial charge in [0.05, 0.1) is 5.56 Å². The first-order chi connectivity index (χ1) is 8.00. The lowest BCUT2D eigenvalue weighted by Gasteiger charge is -2.00. The van der Waals surface area contributed by atoms with Gasteiger partial charge in [0.2, 0.25) is 0 Å². The highest BCUT2D eigenvalue weighted by molar-refractivity contribution is 5.93. The summed E-state index contributed by atoms with van der Waals surface area (Å²) in [5.41, 5.74) is -1.49. The largest absolute Gasteiger partial charge is 0.360 e. The summed E-state index contributed by atoms with van der Waals surface area (Å²) in [6.07, 6.45) is 1.09. The number of aromatic amines is 1. The van der Waals surface area contributed by atoms with Crippen LogP contribution in [-0.2, 0) is 0 Å². The van der Waals surface area contributed by atoms with E-state index in [9.17, 15) is 14.4 Å². The quantitative estimate of drug-likeness (QED) is 0.740. The Morgan fingerprint density at radius 2 is 2.18 bits per heavy atom. The first-order valence-electron chi connectivity index (χ1n) is 4.80. The molecule has 0 spiro atoms. The Hall–Kier alpha value is -2.44. The number of ketones is 1. The zero-order chi connectivity index (χ0) is 12.6. The number of hydrogen-bond acceptors (Lipinski definition) is 5. The predicted octanol–water partition coefficient (Wildman–Crippen LogP) is 0.0248. The monoisotopic (exact) mass is 235 g/mol. The van der Waals surface area contributed by atoms with Crippen LogP contribution in [0.15, 0.2) is 26.4 Å². The van der Waals surface area contributed by atoms with Crippen LogP contribution in [0.4, 0.5) is 0 Å². The Bertz CT molecular complexity index is 692. The van der Waals surface area contributed by atoms with Gasteiger partial charge in [-0.1, -0.05) is 5.16 Å². The highest BCUT2D eigenvalue weighted by Gasteiger charge is 2.14. The van der Waals surface area contributed by atoms with Gasteiger partial charge in [-0.05, 0) is 13.8 Å². The Morgan fingerprint density at radius 3 is 2.71 bits per heavy atom. The Labute approximate surface area is 94.7 Å². The van der Waals surface area contributed by atoms with Gasteiger partial charge >= 0.3 is 5.69 Å². The zero-order valence-electron chi connectivity index (χ0n) is 9.18. The van der Waals surface area contributed by atoms with E-state index in [2.05, 4.69) is 10.1 Å². The topological polar surface area (TPSA) is 98.0 Å². The molecular weight excluding hydrogens is 226 g/mol.